The van der Waals surface area contributed by atoms with Crippen molar-refractivity contribution >= 4 is 15.7 Å². The van der Waals surface area contributed by atoms with Gasteiger partial charge < -0.3 is 15.6 Å². The number of nitrogens with two attached hydrogens (primary N) is 1. The average molecular weight is 298 g/mol. The molecule has 0 radical (unpaired) electrons. The van der Waals surface area contributed by atoms with Gasteiger partial charge in [0.2, 0.25) is 10.0 Å². The monoisotopic (exact) mass is 298 g/mol. The number of benzene rings is 1. The van der Waals surface area contributed by atoms with Crippen molar-refractivity contribution in [2.75, 3.05) is 25.4 Å². The molecule has 2 aliphatic heterocycles. The van der Waals surface area contributed by atoms with E-state index in [4.69, 9.17) is 10.5 Å². The zero-order valence-corrected chi connectivity index (χ0v) is 11.9. The molecule has 0 amide bonds. The first kappa shape index (κ1) is 13.7. The fraction of sp³-hybridized carbons (Fsp3) is 0.538. The Balaban J connectivity index is 2.07. The maximum absolute atomic E-state index is 12.7. The fourth-order valence-corrected chi connectivity index (χ4v) is 4.43. The summed E-state index contributed by atoms with van der Waals surface area (Å²) in [5, 5.41) is 9.54. The number of nitrogen functional groups attached to an aromatic ring is 1. The molecule has 1 fully saturated rings. The van der Waals surface area contributed by atoms with Crippen LogP contribution in [0.2, 0.25) is 0 Å². The highest BCUT2D eigenvalue weighted by molar-refractivity contribution is 7.89. The molecule has 20 heavy (non-hydrogen) atoms. The quantitative estimate of drug-likeness (QED) is 0.769. The smallest absolute Gasteiger partial charge is 0.246 e. The molecule has 0 bridgehead atoms. The number of rotatable bonds is 2. The van der Waals surface area contributed by atoms with E-state index in [9.17, 15) is 13.5 Å². The van der Waals surface area contributed by atoms with E-state index in [0.717, 1.165) is 18.4 Å². The third-order valence-corrected chi connectivity index (χ3v) is 5.61. The van der Waals surface area contributed by atoms with Crippen LogP contribution >= 0.6 is 0 Å². The number of sulfonamides is 1. The van der Waals surface area contributed by atoms with Crippen LogP contribution in [0.1, 0.15) is 18.4 Å². The topological polar surface area (TPSA) is 92.9 Å². The molecule has 1 aromatic rings. The molecular weight excluding hydrogens is 280 g/mol. The summed E-state index contributed by atoms with van der Waals surface area (Å²) >= 11 is 0. The molecule has 1 saturated heterocycles. The normalized spacial score (nSPS) is 23.4. The first-order valence-electron chi connectivity index (χ1n) is 6.72. The van der Waals surface area contributed by atoms with Gasteiger partial charge in [0.1, 0.15) is 10.6 Å². The Kier molecular flexibility index (Phi) is 3.35. The Morgan fingerprint density at radius 2 is 2.20 bits per heavy atom. The van der Waals surface area contributed by atoms with Gasteiger partial charge in [-0.05, 0) is 37.0 Å². The van der Waals surface area contributed by atoms with Crippen molar-refractivity contribution in [3.63, 3.8) is 0 Å². The van der Waals surface area contributed by atoms with Gasteiger partial charge in [-0.15, -0.1) is 0 Å². The molecule has 0 spiro atoms. The van der Waals surface area contributed by atoms with Gasteiger partial charge in [-0.1, -0.05) is 0 Å². The summed E-state index contributed by atoms with van der Waals surface area (Å²) in [5.74, 6) is 0.423. The first-order chi connectivity index (χ1) is 9.48. The fourth-order valence-electron chi connectivity index (χ4n) is 2.73. The number of hydrogen-bond donors (Lipinski definition) is 2. The predicted molar refractivity (Wildman–Crippen MR) is 74.1 cm³/mol. The Morgan fingerprint density at radius 1 is 1.40 bits per heavy atom. The predicted octanol–water partition coefficient (Wildman–Crippen LogP) is 0.349. The third-order valence-electron chi connectivity index (χ3n) is 3.73. The van der Waals surface area contributed by atoms with Crippen molar-refractivity contribution in [2.24, 2.45) is 0 Å². The number of ether oxygens (including phenoxy) is 1. The van der Waals surface area contributed by atoms with Crippen LogP contribution in [0.15, 0.2) is 17.0 Å². The molecule has 2 heterocycles. The molecule has 0 saturated carbocycles. The van der Waals surface area contributed by atoms with Crippen molar-refractivity contribution < 1.29 is 18.3 Å². The van der Waals surface area contributed by atoms with Crippen LogP contribution in [0, 0.1) is 0 Å². The second-order valence-corrected chi connectivity index (χ2v) is 7.17. The molecule has 3 N–H and O–H groups in total. The number of aryl methyl sites for hydroxylation is 1. The van der Waals surface area contributed by atoms with Gasteiger partial charge in [0.25, 0.3) is 0 Å². The van der Waals surface area contributed by atoms with E-state index in [2.05, 4.69) is 0 Å². The molecule has 3 rings (SSSR count). The van der Waals surface area contributed by atoms with Crippen molar-refractivity contribution in [2.45, 2.75) is 30.3 Å². The van der Waals surface area contributed by atoms with Gasteiger partial charge in [0.05, 0.1) is 12.7 Å². The van der Waals surface area contributed by atoms with Crippen LogP contribution in [0.3, 0.4) is 0 Å². The lowest BCUT2D eigenvalue weighted by molar-refractivity contribution is 0.189. The first-order valence-corrected chi connectivity index (χ1v) is 8.16. The van der Waals surface area contributed by atoms with Crippen LogP contribution < -0.4 is 10.5 Å². The number of anilines is 1. The Hall–Kier alpha value is -1.31. The van der Waals surface area contributed by atoms with Crippen LogP contribution in [-0.2, 0) is 16.4 Å². The summed E-state index contributed by atoms with van der Waals surface area (Å²) < 4.78 is 32.2. The largest absolute Gasteiger partial charge is 0.492 e. The number of hydrogen-bond acceptors (Lipinski definition) is 5. The molecule has 1 atom stereocenters. The Bertz CT molecular complexity index is 630. The summed E-state index contributed by atoms with van der Waals surface area (Å²) in [6, 6.07) is 3.22. The minimum absolute atomic E-state index is 0.126. The molecule has 0 aromatic heterocycles. The summed E-state index contributed by atoms with van der Waals surface area (Å²) in [5.41, 5.74) is 7.08. The van der Waals surface area contributed by atoms with Gasteiger partial charge in [-0.3, -0.25) is 0 Å². The van der Waals surface area contributed by atoms with Crippen LogP contribution in [0.5, 0.6) is 5.75 Å². The lowest BCUT2D eigenvalue weighted by Gasteiger charge is -2.23. The van der Waals surface area contributed by atoms with Crippen molar-refractivity contribution in [1.82, 2.24) is 4.31 Å². The molecule has 1 aromatic carbocycles. The SMILES string of the molecule is Nc1cc2c(c(S(=O)(=O)N3CCC(O)C3)c1)OCCC2. The molecule has 0 aliphatic carbocycles. The Labute approximate surface area is 118 Å². The zero-order valence-electron chi connectivity index (χ0n) is 11.1. The van der Waals surface area contributed by atoms with Gasteiger partial charge in [-0.25, -0.2) is 8.42 Å². The lowest BCUT2D eigenvalue weighted by atomic mass is 10.1. The van der Waals surface area contributed by atoms with E-state index < -0.39 is 16.1 Å². The summed E-state index contributed by atoms with van der Waals surface area (Å²) in [7, 11) is -3.67. The number of fused-ring (bicyclic) bond motifs is 1. The molecule has 110 valence electrons. The van der Waals surface area contributed by atoms with Crippen LogP contribution in [-0.4, -0.2) is 43.6 Å². The second-order valence-electron chi connectivity index (χ2n) is 5.26. The third kappa shape index (κ3) is 2.25. The summed E-state index contributed by atoms with van der Waals surface area (Å²) in [4.78, 5) is 0.126. The summed E-state index contributed by atoms with van der Waals surface area (Å²) in [6.45, 7) is 0.973. The number of β-amino-alcohol motifs (C(OH)–C–C–N with tert-alkyl or cyclic N) is 1. The number of nitrogens with zero attached hydrogens (tertiary/aromatic N) is 1. The van der Waals surface area contributed by atoms with Crippen LogP contribution in [0.25, 0.3) is 0 Å². The highest BCUT2D eigenvalue weighted by Gasteiger charge is 2.35. The number of aliphatic hydroxyl groups excluding tert-OH is 1. The van der Waals surface area contributed by atoms with E-state index in [1.165, 1.54) is 10.4 Å². The second kappa shape index (κ2) is 4.91. The highest BCUT2D eigenvalue weighted by Crippen LogP contribution is 2.36. The van der Waals surface area contributed by atoms with Crippen molar-refractivity contribution in [3.05, 3.63) is 17.7 Å². The van der Waals surface area contributed by atoms with Gasteiger partial charge in [0.15, 0.2) is 0 Å². The van der Waals surface area contributed by atoms with Gasteiger partial charge in [0, 0.05) is 18.8 Å². The minimum Gasteiger partial charge on any atom is -0.492 e. The highest BCUT2D eigenvalue weighted by atomic mass is 32.2. The molecule has 6 nitrogen and oxygen atoms in total. The maximum Gasteiger partial charge on any atom is 0.246 e. The van der Waals surface area contributed by atoms with E-state index in [0.29, 0.717) is 31.0 Å². The summed E-state index contributed by atoms with van der Waals surface area (Å²) in [6.07, 6.45) is 1.50. The van der Waals surface area contributed by atoms with E-state index in [-0.39, 0.29) is 11.4 Å². The van der Waals surface area contributed by atoms with Crippen molar-refractivity contribution in [3.8, 4) is 5.75 Å². The maximum atomic E-state index is 12.7. The lowest BCUT2D eigenvalue weighted by Crippen LogP contribution is -2.30. The standard InChI is InChI=1S/C13H18N2O4S/c14-10-6-9-2-1-5-19-13(9)12(7-10)20(17,18)15-4-3-11(16)8-15/h6-7,11,16H,1-5,8,14H2. The average Bonchev–Trinajstić information content (AvgIpc) is 2.85. The Morgan fingerprint density at radius 3 is 2.90 bits per heavy atom. The van der Waals surface area contributed by atoms with Gasteiger partial charge >= 0.3 is 0 Å². The van der Waals surface area contributed by atoms with Gasteiger partial charge in [-0.2, -0.15) is 4.31 Å². The zero-order chi connectivity index (χ0) is 14.3. The minimum atomic E-state index is -3.67. The van der Waals surface area contributed by atoms with E-state index in [1.54, 1.807) is 6.07 Å². The molecular formula is C13H18N2O4S. The van der Waals surface area contributed by atoms with Crippen LogP contribution in [0.4, 0.5) is 5.69 Å². The molecule has 1 unspecified atom stereocenters. The van der Waals surface area contributed by atoms with Crippen molar-refractivity contribution in [1.29, 1.82) is 0 Å². The number of aliphatic hydroxyl groups is 1. The molecule has 7 heteroatoms. The molecule has 2 aliphatic rings. The van der Waals surface area contributed by atoms with E-state index in [1.807, 2.05) is 0 Å². The van der Waals surface area contributed by atoms with E-state index >= 15 is 0 Å².